The number of hydrogen-bond acceptors (Lipinski definition) is 5. The largest absolute Gasteiger partial charge is 0.466 e. The molecule has 0 amide bonds. The fraction of sp³-hybridized carbons (Fsp3) is 0.957. The van der Waals surface area contributed by atoms with Crippen LogP contribution in [0.2, 0.25) is 0 Å². The summed E-state index contributed by atoms with van der Waals surface area (Å²) in [5, 5.41) is 21.6. The third kappa shape index (κ3) is 18.7. The summed E-state index contributed by atoms with van der Waals surface area (Å²) in [6, 6.07) is 0.186. The molecule has 0 aromatic heterocycles. The number of carbonyl (C=O) groups is 1. The van der Waals surface area contributed by atoms with Crippen LogP contribution in [0, 0.1) is 0 Å². The van der Waals surface area contributed by atoms with Crippen LogP contribution in [0.5, 0.6) is 0 Å². The Balaban J connectivity index is 3.63. The highest BCUT2D eigenvalue weighted by molar-refractivity contribution is 5.69. The second kappa shape index (κ2) is 21.1. The maximum atomic E-state index is 11.9. The topological polar surface area (TPSA) is 78.8 Å². The first-order valence-corrected chi connectivity index (χ1v) is 11.8. The average Bonchev–Trinajstić information content (AvgIpc) is 2.71. The molecule has 2 atom stereocenters. The molecule has 0 radical (unpaired) electrons. The number of rotatable bonds is 21. The highest BCUT2D eigenvalue weighted by atomic mass is 16.5. The standard InChI is InChI=1S/C23H47NO4/c1-3-5-7-8-9-10-11-12-13-14-18-28-23(27)17-16-21(15-6-4-2)24-19-22(26)20-25/h21-22,24-26H,3-20H2,1-2H3. The fourth-order valence-electron chi connectivity index (χ4n) is 3.31. The minimum absolute atomic E-state index is 0.123. The van der Waals surface area contributed by atoms with E-state index in [0.717, 1.165) is 38.5 Å². The molecule has 0 saturated carbocycles. The molecule has 5 heteroatoms. The predicted molar refractivity (Wildman–Crippen MR) is 116 cm³/mol. The summed E-state index contributed by atoms with van der Waals surface area (Å²) in [4.78, 5) is 11.9. The van der Waals surface area contributed by atoms with Crippen LogP contribution in [0.25, 0.3) is 0 Å². The molecule has 0 heterocycles. The minimum Gasteiger partial charge on any atom is -0.466 e. The molecule has 0 spiro atoms. The van der Waals surface area contributed by atoms with Gasteiger partial charge < -0.3 is 20.3 Å². The molecular formula is C23H47NO4. The van der Waals surface area contributed by atoms with Crippen LogP contribution in [0.15, 0.2) is 0 Å². The van der Waals surface area contributed by atoms with Crippen molar-refractivity contribution in [1.82, 2.24) is 5.32 Å². The molecule has 0 bridgehead atoms. The van der Waals surface area contributed by atoms with Gasteiger partial charge in [0.2, 0.25) is 0 Å². The second-order valence-corrected chi connectivity index (χ2v) is 8.02. The first-order chi connectivity index (χ1) is 13.6. The first-order valence-electron chi connectivity index (χ1n) is 11.8. The van der Waals surface area contributed by atoms with E-state index in [1.165, 1.54) is 51.4 Å². The zero-order valence-corrected chi connectivity index (χ0v) is 18.6. The first kappa shape index (κ1) is 27.4. The summed E-state index contributed by atoms with van der Waals surface area (Å²) in [6.07, 6.45) is 16.3. The molecule has 0 aliphatic rings. The Hall–Kier alpha value is -0.650. The molecule has 28 heavy (non-hydrogen) atoms. The van der Waals surface area contributed by atoms with Gasteiger partial charge >= 0.3 is 5.97 Å². The number of carbonyl (C=O) groups excluding carboxylic acids is 1. The van der Waals surface area contributed by atoms with E-state index in [0.29, 0.717) is 19.6 Å². The van der Waals surface area contributed by atoms with Gasteiger partial charge in [0.15, 0.2) is 0 Å². The number of ether oxygens (including phenoxy) is 1. The van der Waals surface area contributed by atoms with Gasteiger partial charge in [-0.2, -0.15) is 0 Å². The van der Waals surface area contributed by atoms with Gasteiger partial charge in [0, 0.05) is 19.0 Å². The molecule has 0 aliphatic carbocycles. The zero-order valence-electron chi connectivity index (χ0n) is 18.6. The molecule has 0 rings (SSSR count). The highest BCUT2D eigenvalue weighted by Crippen LogP contribution is 2.11. The lowest BCUT2D eigenvalue weighted by molar-refractivity contribution is -0.144. The molecule has 0 aliphatic heterocycles. The summed E-state index contributed by atoms with van der Waals surface area (Å²) in [6.45, 7) is 5.04. The number of aliphatic hydroxyl groups is 2. The Morgan fingerprint density at radius 1 is 0.857 bits per heavy atom. The van der Waals surface area contributed by atoms with Crippen molar-refractivity contribution in [3.63, 3.8) is 0 Å². The third-order valence-corrected chi connectivity index (χ3v) is 5.22. The van der Waals surface area contributed by atoms with Crippen LogP contribution in [-0.4, -0.2) is 48.1 Å². The molecule has 168 valence electrons. The van der Waals surface area contributed by atoms with Gasteiger partial charge in [0.25, 0.3) is 0 Å². The monoisotopic (exact) mass is 401 g/mol. The lowest BCUT2D eigenvalue weighted by Gasteiger charge is -2.19. The fourth-order valence-corrected chi connectivity index (χ4v) is 3.31. The molecular weight excluding hydrogens is 354 g/mol. The predicted octanol–water partition coefficient (Wildman–Crippen LogP) is 4.73. The molecule has 0 saturated heterocycles. The summed E-state index contributed by atoms with van der Waals surface area (Å²) in [5.74, 6) is -0.123. The van der Waals surface area contributed by atoms with Gasteiger partial charge in [0.05, 0.1) is 19.3 Å². The number of nitrogens with one attached hydrogen (secondary N) is 1. The SMILES string of the molecule is CCCCCCCCCCCCOC(=O)CCC(CCCC)NCC(O)CO. The maximum absolute atomic E-state index is 11.9. The van der Waals surface area contributed by atoms with Crippen molar-refractivity contribution in [2.75, 3.05) is 19.8 Å². The van der Waals surface area contributed by atoms with Crippen molar-refractivity contribution in [1.29, 1.82) is 0 Å². The van der Waals surface area contributed by atoms with Gasteiger partial charge in [-0.25, -0.2) is 0 Å². The van der Waals surface area contributed by atoms with E-state index in [2.05, 4.69) is 19.2 Å². The van der Waals surface area contributed by atoms with Crippen molar-refractivity contribution < 1.29 is 19.7 Å². The van der Waals surface area contributed by atoms with E-state index in [9.17, 15) is 9.90 Å². The van der Waals surface area contributed by atoms with E-state index in [4.69, 9.17) is 9.84 Å². The Morgan fingerprint density at radius 3 is 2.00 bits per heavy atom. The van der Waals surface area contributed by atoms with Crippen LogP contribution in [0.4, 0.5) is 0 Å². The lowest BCUT2D eigenvalue weighted by Crippen LogP contribution is -2.37. The Bertz CT molecular complexity index is 339. The second-order valence-electron chi connectivity index (χ2n) is 8.02. The van der Waals surface area contributed by atoms with E-state index in [-0.39, 0.29) is 18.6 Å². The van der Waals surface area contributed by atoms with Crippen LogP contribution < -0.4 is 5.32 Å². The van der Waals surface area contributed by atoms with Gasteiger partial charge in [-0.1, -0.05) is 84.5 Å². The smallest absolute Gasteiger partial charge is 0.305 e. The molecule has 0 aromatic carbocycles. The molecule has 5 nitrogen and oxygen atoms in total. The molecule has 0 aromatic rings. The summed E-state index contributed by atoms with van der Waals surface area (Å²) < 4.78 is 5.36. The van der Waals surface area contributed by atoms with Gasteiger partial charge in [-0.05, 0) is 19.3 Å². The molecule has 3 N–H and O–H groups in total. The minimum atomic E-state index is -0.743. The zero-order chi connectivity index (χ0) is 20.9. The van der Waals surface area contributed by atoms with Gasteiger partial charge in [0.1, 0.15) is 0 Å². The van der Waals surface area contributed by atoms with Crippen molar-refractivity contribution in [3.05, 3.63) is 0 Å². The van der Waals surface area contributed by atoms with E-state index < -0.39 is 6.10 Å². The number of aliphatic hydroxyl groups excluding tert-OH is 2. The van der Waals surface area contributed by atoms with Crippen LogP contribution in [-0.2, 0) is 9.53 Å². The van der Waals surface area contributed by atoms with Crippen LogP contribution >= 0.6 is 0 Å². The highest BCUT2D eigenvalue weighted by Gasteiger charge is 2.13. The van der Waals surface area contributed by atoms with Crippen molar-refractivity contribution in [2.45, 2.75) is 122 Å². The van der Waals surface area contributed by atoms with Gasteiger partial charge in [-0.3, -0.25) is 4.79 Å². The summed E-state index contributed by atoms with van der Waals surface area (Å²) in [7, 11) is 0. The molecule has 0 fully saturated rings. The van der Waals surface area contributed by atoms with Crippen molar-refractivity contribution >= 4 is 5.97 Å². The van der Waals surface area contributed by atoms with Crippen molar-refractivity contribution in [2.24, 2.45) is 0 Å². The van der Waals surface area contributed by atoms with E-state index in [1.807, 2.05) is 0 Å². The number of unbranched alkanes of at least 4 members (excludes halogenated alkanes) is 10. The average molecular weight is 402 g/mol. The Kier molecular flexibility index (Phi) is 20.6. The number of hydrogen-bond donors (Lipinski definition) is 3. The van der Waals surface area contributed by atoms with Crippen LogP contribution in [0.1, 0.15) is 110 Å². The lowest BCUT2D eigenvalue weighted by atomic mass is 10.0. The quantitative estimate of drug-likeness (QED) is 0.191. The maximum Gasteiger partial charge on any atom is 0.305 e. The normalized spacial score (nSPS) is 13.4. The Morgan fingerprint density at radius 2 is 1.43 bits per heavy atom. The van der Waals surface area contributed by atoms with E-state index in [1.54, 1.807) is 0 Å². The summed E-state index contributed by atoms with van der Waals surface area (Å²) in [5.41, 5.74) is 0. The number of esters is 1. The Labute approximate surface area is 173 Å². The van der Waals surface area contributed by atoms with Gasteiger partial charge in [-0.15, -0.1) is 0 Å². The van der Waals surface area contributed by atoms with Crippen molar-refractivity contribution in [3.8, 4) is 0 Å². The van der Waals surface area contributed by atoms with Crippen LogP contribution in [0.3, 0.4) is 0 Å². The van der Waals surface area contributed by atoms with E-state index >= 15 is 0 Å². The summed E-state index contributed by atoms with van der Waals surface area (Å²) >= 11 is 0. The molecule has 2 unspecified atom stereocenters. The third-order valence-electron chi connectivity index (χ3n) is 5.22.